The van der Waals surface area contributed by atoms with E-state index in [4.69, 9.17) is 24.2 Å². The van der Waals surface area contributed by atoms with Crippen molar-refractivity contribution in [2.24, 2.45) is 17.3 Å². The molecule has 2 aliphatic rings. The number of nitrogens with one attached hydrogen (secondary N) is 2. The van der Waals surface area contributed by atoms with Crippen molar-refractivity contribution < 1.29 is 33.7 Å². The zero-order valence-electron chi connectivity index (χ0n) is 25.6. The predicted octanol–water partition coefficient (Wildman–Crippen LogP) is 3.86. The Morgan fingerprint density at radius 1 is 1.14 bits per heavy atom. The van der Waals surface area contributed by atoms with Crippen LogP contribution in [0.5, 0.6) is 5.75 Å². The molecule has 2 aromatic rings. The van der Waals surface area contributed by atoms with E-state index in [0.717, 1.165) is 55.4 Å². The van der Waals surface area contributed by atoms with E-state index in [1.54, 1.807) is 27.9 Å². The first-order valence-electron chi connectivity index (χ1n) is 14.8. The van der Waals surface area contributed by atoms with Crippen molar-refractivity contribution in [1.29, 1.82) is 0 Å². The number of esters is 1. The van der Waals surface area contributed by atoms with E-state index < -0.39 is 23.5 Å². The van der Waals surface area contributed by atoms with Crippen LogP contribution in [0.1, 0.15) is 70.7 Å². The van der Waals surface area contributed by atoms with Gasteiger partial charge >= 0.3 is 18.0 Å². The molecule has 1 aromatic heterocycles. The van der Waals surface area contributed by atoms with Gasteiger partial charge in [-0.05, 0) is 80.4 Å². The number of aryl methyl sites for hydroxylation is 1. The lowest BCUT2D eigenvalue weighted by Gasteiger charge is -2.27. The summed E-state index contributed by atoms with van der Waals surface area (Å²) in [6.45, 7) is 6.02. The predicted molar refractivity (Wildman–Crippen MR) is 159 cm³/mol. The number of carboxylic acids is 1. The molecule has 11 heteroatoms. The van der Waals surface area contributed by atoms with Gasteiger partial charge < -0.3 is 30.0 Å². The molecule has 1 aliphatic carbocycles. The highest BCUT2D eigenvalue weighted by molar-refractivity contribution is 5.81. The van der Waals surface area contributed by atoms with Crippen LogP contribution in [-0.4, -0.2) is 72.1 Å². The molecule has 0 bridgehead atoms. The number of benzene rings is 1. The monoisotopic (exact) mass is 594 g/mol. The minimum atomic E-state index is -1.09. The molecule has 1 amide bonds. The van der Waals surface area contributed by atoms with Crippen molar-refractivity contribution in [3.8, 4) is 17.6 Å². The summed E-state index contributed by atoms with van der Waals surface area (Å²) in [6, 6.07) is 4.31. The van der Waals surface area contributed by atoms with Crippen LogP contribution in [0, 0.1) is 29.1 Å². The highest BCUT2D eigenvalue weighted by Crippen LogP contribution is 2.38. The zero-order valence-corrected chi connectivity index (χ0v) is 25.6. The molecular formula is C32H42N4O7. The molecule has 43 heavy (non-hydrogen) atoms. The Morgan fingerprint density at radius 2 is 1.93 bits per heavy atom. The highest BCUT2D eigenvalue weighted by Gasteiger charge is 2.41. The lowest BCUT2D eigenvalue weighted by molar-refractivity contribution is -0.143. The summed E-state index contributed by atoms with van der Waals surface area (Å²) >= 11 is 0. The van der Waals surface area contributed by atoms with Gasteiger partial charge in [0.05, 0.1) is 30.9 Å². The van der Waals surface area contributed by atoms with Crippen molar-refractivity contribution in [2.45, 2.75) is 83.9 Å². The van der Waals surface area contributed by atoms with Crippen LogP contribution in [0.25, 0.3) is 11.0 Å². The Labute approximate surface area is 252 Å². The molecule has 1 aliphatic heterocycles. The van der Waals surface area contributed by atoms with E-state index in [1.807, 2.05) is 18.2 Å². The van der Waals surface area contributed by atoms with E-state index >= 15 is 0 Å². The van der Waals surface area contributed by atoms with Gasteiger partial charge in [-0.1, -0.05) is 26.7 Å². The molecule has 3 N–H and O–H groups in total. The lowest BCUT2D eigenvalue weighted by atomic mass is 9.87. The molecule has 1 aromatic carbocycles. The Hall–Kier alpha value is -3.91. The van der Waals surface area contributed by atoms with Crippen molar-refractivity contribution in [3.63, 3.8) is 0 Å². The Kier molecular flexibility index (Phi) is 10.5. The topological polar surface area (TPSA) is 149 Å². The third-order valence-corrected chi connectivity index (χ3v) is 8.02. The molecular weight excluding hydrogens is 552 g/mol. The van der Waals surface area contributed by atoms with Gasteiger partial charge in [-0.2, -0.15) is 0 Å². The summed E-state index contributed by atoms with van der Waals surface area (Å²) in [6.07, 6.45) is 4.51. The smallest absolute Gasteiger partial charge is 0.408 e. The van der Waals surface area contributed by atoms with Crippen LogP contribution in [-0.2, 0) is 25.5 Å². The number of carboxylic acid groups (broad SMARTS) is 1. The molecule has 4 rings (SSSR count). The van der Waals surface area contributed by atoms with E-state index in [0.29, 0.717) is 30.2 Å². The second-order valence-electron chi connectivity index (χ2n) is 12.4. The molecule has 1 saturated carbocycles. The summed E-state index contributed by atoms with van der Waals surface area (Å²) in [5.41, 5.74) is 2.35. The maximum Gasteiger partial charge on any atom is 0.408 e. The number of methoxy groups -OCH3 is 2. The van der Waals surface area contributed by atoms with Crippen LogP contribution in [0.4, 0.5) is 4.79 Å². The average Bonchev–Trinajstić information content (AvgIpc) is 3.51. The Balaban J connectivity index is 1.31. The highest BCUT2D eigenvalue weighted by atomic mass is 16.6. The molecule has 2 fully saturated rings. The zero-order chi connectivity index (χ0) is 31.1. The van der Waals surface area contributed by atoms with Gasteiger partial charge in [0.15, 0.2) is 0 Å². The molecule has 0 spiro atoms. The number of aliphatic carboxylic acids is 1. The van der Waals surface area contributed by atoms with Crippen molar-refractivity contribution in [1.82, 2.24) is 20.6 Å². The number of ether oxygens (including phenoxy) is 3. The number of alkyl carbamates (subject to hydrolysis) is 1. The number of carbonyl (C=O) groups excluding carboxylic acids is 2. The van der Waals surface area contributed by atoms with Gasteiger partial charge in [0.2, 0.25) is 0 Å². The quantitative estimate of drug-likeness (QED) is 0.199. The lowest BCUT2D eigenvalue weighted by Crippen LogP contribution is -2.49. The second-order valence-corrected chi connectivity index (χ2v) is 12.4. The van der Waals surface area contributed by atoms with Crippen molar-refractivity contribution >= 4 is 29.1 Å². The van der Waals surface area contributed by atoms with Gasteiger partial charge in [-0.25, -0.2) is 19.6 Å². The van der Waals surface area contributed by atoms with Gasteiger partial charge in [-0.3, -0.25) is 4.79 Å². The molecule has 232 valence electrons. The largest absolute Gasteiger partial charge is 0.497 e. The van der Waals surface area contributed by atoms with Crippen LogP contribution in [0.3, 0.4) is 0 Å². The van der Waals surface area contributed by atoms with Gasteiger partial charge in [-0.15, -0.1) is 0 Å². The van der Waals surface area contributed by atoms with E-state index in [-0.39, 0.29) is 24.0 Å². The molecule has 0 unspecified atom stereocenters. The van der Waals surface area contributed by atoms with Crippen molar-refractivity contribution in [3.05, 3.63) is 29.6 Å². The number of carbonyl (C=O) groups is 3. The van der Waals surface area contributed by atoms with Gasteiger partial charge in [0.1, 0.15) is 29.6 Å². The number of hydrogen-bond donors (Lipinski definition) is 3. The number of aromatic nitrogens is 2. The Bertz CT molecular complexity index is 1390. The third-order valence-electron chi connectivity index (χ3n) is 8.02. The first kappa shape index (κ1) is 32.0. The van der Waals surface area contributed by atoms with Crippen LogP contribution < -0.4 is 15.4 Å². The normalized spacial score (nSPS) is 21.8. The molecule has 11 nitrogen and oxygen atoms in total. The third kappa shape index (κ3) is 8.80. The summed E-state index contributed by atoms with van der Waals surface area (Å²) in [5, 5.41) is 15.1. The van der Waals surface area contributed by atoms with Crippen molar-refractivity contribution in [2.75, 3.05) is 20.8 Å². The minimum Gasteiger partial charge on any atom is -0.497 e. The first-order valence-corrected chi connectivity index (χ1v) is 14.8. The maximum atomic E-state index is 12.2. The molecule has 0 radical (unpaired) electrons. The molecule has 1 saturated heterocycles. The van der Waals surface area contributed by atoms with Crippen LogP contribution in [0.15, 0.2) is 18.2 Å². The molecule has 2 heterocycles. The number of rotatable bonds is 11. The van der Waals surface area contributed by atoms with E-state index in [1.165, 1.54) is 7.11 Å². The SMILES string of the molecule is COC(=O)[C@@H]1C[C@@H](CCc2nc3cc(OC)ccc3nc2C#CCCC[C@@H]2C[C@H]2OC(=O)N[C@H](C(=O)O)C(C)(C)C)CN1. The standard InChI is InChI=1S/C32H42N4O7/c1-32(2,3)28(29(37)38)36-31(40)43-27-16-20(27)9-7-6-8-10-22-23(13-11-19-15-26(33-18-19)30(39)42-5)35-25-17-21(41-4)12-14-24(25)34-22/h12,14,17,19-20,26-28,33H,6-7,9,11,13,15-16,18H2,1-5H3,(H,36,40)(H,37,38)/t19-,20-,26+,27-,28-/m1/s1. The van der Waals surface area contributed by atoms with Crippen LogP contribution >= 0.6 is 0 Å². The van der Waals surface area contributed by atoms with Crippen LogP contribution in [0.2, 0.25) is 0 Å². The number of amides is 1. The summed E-state index contributed by atoms with van der Waals surface area (Å²) in [5.74, 6) is 6.45. The number of nitrogens with zero attached hydrogens (tertiary/aromatic N) is 2. The molecule has 5 atom stereocenters. The summed E-state index contributed by atoms with van der Waals surface area (Å²) < 4.78 is 15.7. The fourth-order valence-electron chi connectivity index (χ4n) is 5.37. The van der Waals surface area contributed by atoms with E-state index in [2.05, 4.69) is 22.5 Å². The number of fused-ring (bicyclic) bond motifs is 1. The fraction of sp³-hybridized carbons (Fsp3) is 0.594. The number of hydrogen-bond acceptors (Lipinski definition) is 9. The van der Waals surface area contributed by atoms with Gasteiger partial charge in [0.25, 0.3) is 0 Å². The maximum absolute atomic E-state index is 12.2. The summed E-state index contributed by atoms with van der Waals surface area (Å²) in [4.78, 5) is 45.3. The first-order chi connectivity index (χ1) is 20.5. The number of unbranched alkanes of at least 4 members (excludes halogenated alkanes) is 1. The average molecular weight is 595 g/mol. The van der Waals surface area contributed by atoms with E-state index in [9.17, 15) is 19.5 Å². The Morgan fingerprint density at radius 3 is 2.63 bits per heavy atom. The minimum absolute atomic E-state index is 0.193. The fourth-order valence-corrected chi connectivity index (χ4v) is 5.37. The second kappa shape index (κ2) is 14.0. The van der Waals surface area contributed by atoms with Gasteiger partial charge in [0, 0.05) is 12.5 Å². The summed E-state index contributed by atoms with van der Waals surface area (Å²) in [7, 11) is 3.02.